The number of carboxylic acid groups (broad SMARTS) is 1. The average molecular weight is 510 g/mol. The van der Waals surface area contributed by atoms with Crippen LogP contribution in [0.1, 0.15) is 85.2 Å². The first-order valence-electron chi connectivity index (χ1n) is 14.9. The molecule has 2 aliphatic heterocycles. The lowest BCUT2D eigenvalue weighted by molar-refractivity contribution is 0.0697. The second-order valence-electron chi connectivity index (χ2n) is 11.8. The van der Waals surface area contributed by atoms with Gasteiger partial charge in [-0.1, -0.05) is 43.5 Å². The van der Waals surface area contributed by atoms with Crippen molar-refractivity contribution >= 4 is 27.8 Å². The van der Waals surface area contributed by atoms with E-state index in [2.05, 4.69) is 44.5 Å². The highest BCUT2D eigenvalue weighted by molar-refractivity contribution is 6.03. The number of likely N-dealkylation sites (tertiary alicyclic amines) is 1. The fraction of sp³-hybridized carbons (Fsp3) is 0.485. The first kappa shape index (κ1) is 24.0. The number of fused-ring (bicyclic) bond motifs is 4. The number of aromatic nitrogens is 2. The van der Waals surface area contributed by atoms with Crippen LogP contribution in [0.15, 0.2) is 42.6 Å². The van der Waals surface area contributed by atoms with Crippen LogP contribution in [0, 0.1) is 0 Å². The molecule has 0 bridgehead atoms. The monoisotopic (exact) mass is 509 g/mol. The molecule has 198 valence electrons. The van der Waals surface area contributed by atoms with Crippen LogP contribution in [0.2, 0.25) is 0 Å². The van der Waals surface area contributed by atoms with Crippen molar-refractivity contribution < 1.29 is 9.90 Å². The molecule has 4 heterocycles. The molecule has 1 aliphatic carbocycles. The highest BCUT2D eigenvalue weighted by Crippen LogP contribution is 2.47. The van der Waals surface area contributed by atoms with Crippen molar-refractivity contribution in [3.63, 3.8) is 0 Å². The highest BCUT2D eigenvalue weighted by atomic mass is 16.4. The largest absolute Gasteiger partial charge is 0.478 e. The van der Waals surface area contributed by atoms with Crippen LogP contribution < -0.4 is 0 Å². The zero-order chi connectivity index (χ0) is 25.6. The third-order valence-electron chi connectivity index (χ3n) is 9.50. The van der Waals surface area contributed by atoms with E-state index < -0.39 is 5.97 Å². The van der Waals surface area contributed by atoms with Crippen molar-refractivity contribution in [1.29, 1.82) is 0 Å². The van der Waals surface area contributed by atoms with Gasteiger partial charge in [-0.3, -0.25) is 0 Å². The predicted octanol–water partition coefficient (Wildman–Crippen LogP) is 7.44. The van der Waals surface area contributed by atoms with Crippen LogP contribution in [0.5, 0.6) is 0 Å². The molecule has 2 aromatic heterocycles. The number of para-hydroxylation sites is 1. The van der Waals surface area contributed by atoms with Crippen LogP contribution in [0.25, 0.3) is 33.1 Å². The summed E-state index contributed by atoms with van der Waals surface area (Å²) < 4.78 is 5.01. The number of rotatable bonds is 6. The number of aryl methyl sites for hydroxylation is 3. The number of hydrogen-bond donors (Lipinski definition) is 1. The normalized spacial score (nSPS) is 18.6. The Kier molecular flexibility index (Phi) is 6.27. The lowest BCUT2D eigenvalue weighted by atomic mass is 9.81. The van der Waals surface area contributed by atoms with Crippen LogP contribution in [0.4, 0.5) is 0 Å². The summed E-state index contributed by atoms with van der Waals surface area (Å²) in [5.74, 6) is -0.307. The summed E-state index contributed by atoms with van der Waals surface area (Å²) in [6.45, 7) is 5.66. The molecule has 38 heavy (non-hydrogen) atoms. The topological polar surface area (TPSA) is 50.4 Å². The molecule has 2 aromatic carbocycles. The summed E-state index contributed by atoms with van der Waals surface area (Å²) in [6.07, 6.45) is 14.9. The smallest absolute Gasteiger partial charge is 0.335 e. The van der Waals surface area contributed by atoms with E-state index in [9.17, 15) is 9.90 Å². The van der Waals surface area contributed by atoms with E-state index in [1.807, 2.05) is 12.1 Å². The van der Waals surface area contributed by atoms with E-state index in [1.165, 1.54) is 110 Å². The number of aromatic carboxylic acids is 1. The van der Waals surface area contributed by atoms with Crippen molar-refractivity contribution in [2.45, 2.75) is 83.2 Å². The molecule has 1 saturated carbocycles. The minimum Gasteiger partial charge on any atom is -0.478 e. The molecule has 7 rings (SSSR count). The third-order valence-corrected chi connectivity index (χ3v) is 9.50. The van der Waals surface area contributed by atoms with Crippen LogP contribution >= 0.6 is 0 Å². The lowest BCUT2D eigenvalue weighted by Gasteiger charge is -2.25. The Balaban J connectivity index is 1.39. The van der Waals surface area contributed by atoms with E-state index in [0.29, 0.717) is 11.5 Å². The van der Waals surface area contributed by atoms with Crippen molar-refractivity contribution in [3.8, 4) is 11.3 Å². The van der Waals surface area contributed by atoms with Gasteiger partial charge in [-0.05, 0) is 93.8 Å². The van der Waals surface area contributed by atoms with Gasteiger partial charge in [0.1, 0.15) is 0 Å². The minimum absolute atomic E-state index is 0.386. The van der Waals surface area contributed by atoms with Gasteiger partial charge in [-0.2, -0.15) is 0 Å². The fourth-order valence-electron chi connectivity index (χ4n) is 7.74. The predicted molar refractivity (Wildman–Crippen MR) is 154 cm³/mol. The molecule has 0 radical (unpaired) electrons. The Morgan fingerprint density at radius 1 is 0.895 bits per heavy atom. The molecule has 0 atom stereocenters. The van der Waals surface area contributed by atoms with Gasteiger partial charge < -0.3 is 19.1 Å². The first-order valence-corrected chi connectivity index (χ1v) is 14.9. The van der Waals surface area contributed by atoms with E-state index in [0.717, 1.165) is 31.4 Å². The Labute approximate surface area is 225 Å². The second-order valence-corrected chi connectivity index (χ2v) is 11.8. The van der Waals surface area contributed by atoms with Gasteiger partial charge in [-0.15, -0.1) is 0 Å². The minimum atomic E-state index is -0.845. The van der Waals surface area contributed by atoms with Crippen molar-refractivity contribution in [2.75, 3.05) is 19.6 Å². The van der Waals surface area contributed by atoms with E-state index in [1.54, 1.807) is 0 Å². The lowest BCUT2D eigenvalue weighted by Crippen LogP contribution is -2.20. The number of benzene rings is 2. The third kappa shape index (κ3) is 4.07. The summed E-state index contributed by atoms with van der Waals surface area (Å²) in [5, 5.41) is 12.5. The van der Waals surface area contributed by atoms with E-state index >= 15 is 0 Å². The standard InChI is InChI=1S/C33H39N3O2/c37-33(38)24-14-15-27-29(21-24)36-20-8-19-35-22-25(11-7-18-34-16-4-5-17-34)26-12-6-13-28(31(26)35)32(36)30(27)23-9-2-1-3-10-23/h6,12-15,21-23H,1-5,7-11,16-20H2,(H,37,38). The highest BCUT2D eigenvalue weighted by Gasteiger charge is 2.29. The van der Waals surface area contributed by atoms with Gasteiger partial charge >= 0.3 is 5.97 Å². The molecular weight excluding hydrogens is 470 g/mol. The maximum atomic E-state index is 11.9. The first-order chi connectivity index (χ1) is 18.7. The molecule has 5 heteroatoms. The Hall–Kier alpha value is -3.05. The number of hydrogen-bond acceptors (Lipinski definition) is 2. The van der Waals surface area contributed by atoms with Crippen molar-refractivity contribution in [1.82, 2.24) is 14.0 Å². The van der Waals surface area contributed by atoms with Gasteiger partial charge in [0.2, 0.25) is 0 Å². The maximum Gasteiger partial charge on any atom is 0.335 e. The van der Waals surface area contributed by atoms with Crippen LogP contribution in [0.3, 0.4) is 0 Å². The van der Waals surface area contributed by atoms with Crippen LogP contribution in [-0.4, -0.2) is 44.7 Å². The SMILES string of the molecule is O=C(O)c1ccc2c(C3CCCCC3)c3n(c2c1)CCCn1cc(CCCN2CCCC2)c2cccc-3c21. The number of nitrogens with zero attached hydrogens (tertiary/aromatic N) is 3. The summed E-state index contributed by atoms with van der Waals surface area (Å²) >= 11 is 0. The number of carboxylic acids is 1. The zero-order valence-corrected chi connectivity index (χ0v) is 22.4. The molecule has 3 aliphatic rings. The molecule has 5 nitrogen and oxygen atoms in total. The van der Waals surface area contributed by atoms with Gasteiger partial charge in [0.15, 0.2) is 0 Å². The Morgan fingerprint density at radius 2 is 1.74 bits per heavy atom. The summed E-state index contributed by atoms with van der Waals surface area (Å²) in [4.78, 5) is 14.5. The molecule has 1 saturated heterocycles. The Morgan fingerprint density at radius 3 is 2.55 bits per heavy atom. The second kappa shape index (κ2) is 9.92. The number of carbonyl (C=O) groups is 1. The maximum absolute atomic E-state index is 11.9. The molecule has 0 amide bonds. The van der Waals surface area contributed by atoms with Crippen LogP contribution in [-0.2, 0) is 19.5 Å². The molecule has 4 aromatic rings. The summed E-state index contributed by atoms with van der Waals surface area (Å²) in [7, 11) is 0. The van der Waals surface area contributed by atoms with Gasteiger partial charge in [0.25, 0.3) is 0 Å². The zero-order valence-electron chi connectivity index (χ0n) is 22.4. The molecular formula is C33H39N3O2. The summed E-state index contributed by atoms with van der Waals surface area (Å²) in [6, 6.07) is 12.8. The molecule has 0 unspecified atom stereocenters. The fourth-order valence-corrected chi connectivity index (χ4v) is 7.74. The average Bonchev–Trinajstić information content (AvgIpc) is 3.65. The molecule has 1 N–H and O–H groups in total. The molecule has 2 fully saturated rings. The van der Waals surface area contributed by atoms with Gasteiger partial charge in [-0.25, -0.2) is 4.79 Å². The van der Waals surface area contributed by atoms with E-state index in [4.69, 9.17) is 0 Å². The summed E-state index contributed by atoms with van der Waals surface area (Å²) in [5.41, 5.74) is 8.50. The molecule has 0 spiro atoms. The van der Waals surface area contributed by atoms with Gasteiger partial charge in [0, 0.05) is 41.1 Å². The van der Waals surface area contributed by atoms with Crippen molar-refractivity contribution in [2.24, 2.45) is 0 Å². The Bertz CT molecular complexity index is 1500. The van der Waals surface area contributed by atoms with Crippen molar-refractivity contribution in [3.05, 3.63) is 59.3 Å². The van der Waals surface area contributed by atoms with Gasteiger partial charge in [0.05, 0.1) is 16.8 Å². The van der Waals surface area contributed by atoms with E-state index in [-0.39, 0.29) is 0 Å². The quantitative estimate of drug-likeness (QED) is 0.294.